The highest BCUT2D eigenvalue weighted by atomic mass is 32.2. The van der Waals surface area contributed by atoms with Crippen LogP contribution in [-0.2, 0) is 9.84 Å². The van der Waals surface area contributed by atoms with Gasteiger partial charge in [-0.2, -0.15) is 0 Å². The van der Waals surface area contributed by atoms with Crippen molar-refractivity contribution in [2.24, 2.45) is 5.41 Å². The fourth-order valence-corrected chi connectivity index (χ4v) is 4.96. The molecule has 2 heterocycles. The number of nitrogens with zero attached hydrogens (tertiary/aromatic N) is 1. The number of hydrogen-bond donors (Lipinski definition) is 1. The van der Waals surface area contributed by atoms with Crippen molar-refractivity contribution in [3.63, 3.8) is 0 Å². The van der Waals surface area contributed by atoms with Crippen LogP contribution in [0.3, 0.4) is 0 Å². The molecule has 5 nitrogen and oxygen atoms in total. The highest BCUT2D eigenvalue weighted by Gasteiger charge is 2.38. The van der Waals surface area contributed by atoms with Gasteiger partial charge in [-0.1, -0.05) is 12.1 Å². The van der Waals surface area contributed by atoms with Gasteiger partial charge >= 0.3 is 0 Å². The minimum absolute atomic E-state index is 0.157. The van der Waals surface area contributed by atoms with Crippen LogP contribution in [0.4, 0.5) is 0 Å². The van der Waals surface area contributed by atoms with Gasteiger partial charge in [0.2, 0.25) is 0 Å². The first-order valence-electron chi connectivity index (χ1n) is 8.69. The molecule has 0 atom stereocenters. The Morgan fingerprint density at radius 1 is 1.17 bits per heavy atom. The Hall–Kier alpha value is -1.40. The summed E-state index contributed by atoms with van der Waals surface area (Å²) in [4.78, 5) is 14.9. The molecule has 0 unspecified atom stereocenters. The average Bonchev–Trinajstić information content (AvgIpc) is 3.03. The zero-order chi connectivity index (χ0) is 17.4. The fourth-order valence-electron chi connectivity index (χ4n) is 3.72. The van der Waals surface area contributed by atoms with Crippen LogP contribution in [0, 0.1) is 5.41 Å². The molecule has 6 heteroatoms. The van der Waals surface area contributed by atoms with E-state index >= 15 is 0 Å². The second kappa shape index (κ2) is 6.48. The third-order valence-electron chi connectivity index (χ3n) is 5.49. The lowest BCUT2D eigenvalue weighted by molar-refractivity contribution is 0.0604. The minimum Gasteiger partial charge on any atom is -0.339 e. The Morgan fingerprint density at radius 3 is 2.42 bits per heavy atom. The van der Waals surface area contributed by atoms with Crippen LogP contribution in [0.25, 0.3) is 0 Å². The van der Waals surface area contributed by atoms with E-state index in [-0.39, 0.29) is 10.8 Å². The molecule has 0 aromatic heterocycles. The van der Waals surface area contributed by atoms with Gasteiger partial charge in [0, 0.05) is 19.6 Å². The summed E-state index contributed by atoms with van der Waals surface area (Å²) in [5, 5.41) is 2.88. The Labute approximate surface area is 144 Å². The van der Waals surface area contributed by atoms with Crippen molar-refractivity contribution in [3.05, 3.63) is 29.8 Å². The summed E-state index contributed by atoms with van der Waals surface area (Å²) in [7, 11) is -3.47. The quantitative estimate of drug-likeness (QED) is 0.906. The summed E-state index contributed by atoms with van der Waals surface area (Å²) in [6.07, 6.45) is 3.16. The maximum Gasteiger partial charge on any atom is 0.255 e. The molecule has 0 aliphatic carbocycles. The van der Waals surface area contributed by atoms with Gasteiger partial charge in [-0.05, 0) is 57.2 Å². The molecular formula is C18H26N2O3S. The molecule has 2 aliphatic heterocycles. The number of carbonyl (C=O) groups is 1. The average molecular weight is 350 g/mol. The van der Waals surface area contributed by atoms with Gasteiger partial charge in [0.15, 0.2) is 9.84 Å². The number of likely N-dealkylation sites (tertiary alicyclic amines) is 1. The van der Waals surface area contributed by atoms with E-state index in [1.807, 2.05) is 4.90 Å². The molecule has 1 aromatic rings. The molecule has 2 saturated heterocycles. The van der Waals surface area contributed by atoms with E-state index in [0.29, 0.717) is 24.1 Å². The summed E-state index contributed by atoms with van der Waals surface area (Å²) in [5.41, 5.74) is 0.645. The highest BCUT2D eigenvalue weighted by Crippen LogP contribution is 2.37. The SMILES string of the molecule is CC(C)S(=O)(=O)c1ccccc1C(=O)N1CCC2(CCNC2)CC1. The maximum atomic E-state index is 12.9. The van der Waals surface area contributed by atoms with Crippen molar-refractivity contribution >= 4 is 15.7 Å². The van der Waals surface area contributed by atoms with Gasteiger partial charge < -0.3 is 10.2 Å². The smallest absolute Gasteiger partial charge is 0.255 e. The van der Waals surface area contributed by atoms with Crippen LogP contribution < -0.4 is 5.32 Å². The van der Waals surface area contributed by atoms with E-state index in [4.69, 9.17) is 0 Å². The number of rotatable bonds is 3. The molecule has 2 aliphatic rings. The van der Waals surface area contributed by atoms with Crippen LogP contribution in [0.1, 0.15) is 43.5 Å². The molecule has 1 amide bonds. The highest BCUT2D eigenvalue weighted by molar-refractivity contribution is 7.92. The number of piperidine rings is 1. The van der Waals surface area contributed by atoms with Crippen molar-refractivity contribution in [1.29, 1.82) is 0 Å². The summed E-state index contributed by atoms with van der Waals surface area (Å²) in [6.45, 7) is 6.80. The van der Waals surface area contributed by atoms with Crippen LogP contribution in [0.5, 0.6) is 0 Å². The lowest BCUT2D eigenvalue weighted by Gasteiger charge is -2.39. The largest absolute Gasteiger partial charge is 0.339 e. The second-order valence-corrected chi connectivity index (χ2v) is 9.78. The van der Waals surface area contributed by atoms with E-state index in [1.54, 1.807) is 38.1 Å². The van der Waals surface area contributed by atoms with Crippen LogP contribution in [-0.4, -0.2) is 50.7 Å². The van der Waals surface area contributed by atoms with Gasteiger partial charge in [0.25, 0.3) is 5.91 Å². The molecule has 0 saturated carbocycles. The molecule has 0 bridgehead atoms. The van der Waals surface area contributed by atoms with Crippen molar-refractivity contribution in [2.75, 3.05) is 26.2 Å². The Balaban J connectivity index is 1.82. The van der Waals surface area contributed by atoms with Crippen LogP contribution >= 0.6 is 0 Å². The minimum atomic E-state index is -3.47. The van der Waals surface area contributed by atoms with Crippen molar-refractivity contribution in [2.45, 2.75) is 43.3 Å². The van der Waals surface area contributed by atoms with E-state index in [0.717, 1.165) is 25.9 Å². The van der Waals surface area contributed by atoms with Gasteiger partial charge in [0.05, 0.1) is 15.7 Å². The number of carbonyl (C=O) groups excluding carboxylic acids is 1. The van der Waals surface area contributed by atoms with Crippen LogP contribution in [0.2, 0.25) is 0 Å². The van der Waals surface area contributed by atoms with Crippen molar-refractivity contribution in [1.82, 2.24) is 10.2 Å². The maximum absolute atomic E-state index is 12.9. The first-order valence-corrected chi connectivity index (χ1v) is 10.2. The topological polar surface area (TPSA) is 66.5 Å². The summed E-state index contributed by atoms with van der Waals surface area (Å²) in [6, 6.07) is 6.61. The van der Waals surface area contributed by atoms with E-state index in [9.17, 15) is 13.2 Å². The second-order valence-electron chi connectivity index (χ2n) is 7.31. The predicted octanol–water partition coefficient (Wildman–Crippen LogP) is 2.08. The first kappa shape index (κ1) is 17.4. The van der Waals surface area contributed by atoms with E-state index in [2.05, 4.69) is 5.32 Å². The standard InChI is InChI=1S/C18H26N2O3S/c1-14(2)24(22,23)16-6-4-3-5-15(16)17(21)20-11-8-18(9-12-20)7-10-19-13-18/h3-6,14,19H,7-13H2,1-2H3. The Bertz CT molecular complexity index is 712. The van der Waals surface area contributed by atoms with Gasteiger partial charge in [-0.25, -0.2) is 8.42 Å². The molecule has 1 aromatic carbocycles. The molecule has 132 valence electrons. The lowest BCUT2D eigenvalue weighted by Crippen LogP contribution is -2.44. The number of benzene rings is 1. The molecule has 1 spiro atoms. The summed E-state index contributed by atoms with van der Waals surface area (Å²) >= 11 is 0. The van der Waals surface area contributed by atoms with Crippen molar-refractivity contribution in [3.8, 4) is 0 Å². The number of hydrogen-bond acceptors (Lipinski definition) is 4. The monoisotopic (exact) mass is 350 g/mol. The molecular weight excluding hydrogens is 324 g/mol. The Kier molecular flexibility index (Phi) is 4.71. The molecule has 0 radical (unpaired) electrons. The summed E-state index contributed by atoms with van der Waals surface area (Å²) in [5.74, 6) is -0.157. The van der Waals surface area contributed by atoms with Crippen LogP contribution in [0.15, 0.2) is 29.2 Å². The third kappa shape index (κ3) is 3.09. The fraction of sp³-hybridized carbons (Fsp3) is 0.611. The van der Waals surface area contributed by atoms with E-state index in [1.165, 1.54) is 6.42 Å². The molecule has 24 heavy (non-hydrogen) atoms. The van der Waals surface area contributed by atoms with Gasteiger partial charge in [-0.3, -0.25) is 4.79 Å². The van der Waals surface area contributed by atoms with Gasteiger partial charge in [-0.15, -0.1) is 0 Å². The number of nitrogens with one attached hydrogen (secondary N) is 1. The Morgan fingerprint density at radius 2 is 1.83 bits per heavy atom. The third-order valence-corrected chi connectivity index (χ3v) is 7.70. The molecule has 2 fully saturated rings. The zero-order valence-electron chi connectivity index (χ0n) is 14.4. The van der Waals surface area contributed by atoms with Gasteiger partial charge in [0.1, 0.15) is 0 Å². The molecule has 3 rings (SSSR count). The first-order chi connectivity index (χ1) is 11.4. The lowest BCUT2D eigenvalue weighted by atomic mass is 9.78. The molecule has 1 N–H and O–H groups in total. The number of sulfone groups is 1. The van der Waals surface area contributed by atoms with E-state index < -0.39 is 15.1 Å². The predicted molar refractivity (Wildman–Crippen MR) is 93.8 cm³/mol. The summed E-state index contributed by atoms with van der Waals surface area (Å²) < 4.78 is 25.1. The van der Waals surface area contributed by atoms with Crippen molar-refractivity contribution < 1.29 is 13.2 Å². The normalized spacial score (nSPS) is 20.7. The zero-order valence-corrected chi connectivity index (χ0v) is 15.2. The number of amides is 1.